The highest BCUT2D eigenvalue weighted by atomic mass is 14.3. The number of hydrogen-bond donors (Lipinski definition) is 0. The van der Waals surface area contributed by atoms with Crippen molar-refractivity contribution in [2.24, 2.45) is 0 Å². The van der Waals surface area contributed by atoms with E-state index >= 15 is 0 Å². The largest absolute Gasteiger partial charge is 0.0622 e. The summed E-state index contributed by atoms with van der Waals surface area (Å²) in [5.41, 5.74) is 26.9. The van der Waals surface area contributed by atoms with Crippen LogP contribution in [0.4, 0.5) is 0 Å². The van der Waals surface area contributed by atoms with Gasteiger partial charge >= 0.3 is 0 Å². The molecule has 1 aliphatic rings. The molecule has 0 unspecified atom stereocenters. The van der Waals surface area contributed by atoms with Gasteiger partial charge in [-0.15, -0.1) is 0 Å². The Bertz CT molecular complexity index is 4960. The summed E-state index contributed by atoms with van der Waals surface area (Å²) in [5.74, 6) is 0. The molecule has 0 saturated carbocycles. The van der Waals surface area contributed by atoms with Crippen LogP contribution in [0.15, 0.2) is 315 Å². The van der Waals surface area contributed by atoms with E-state index in [0.717, 1.165) is 5.56 Å². The first-order valence-electron chi connectivity index (χ1n) is 28.5. The van der Waals surface area contributed by atoms with E-state index in [0.29, 0.717) is 0 Å². The quantitative estimate of drug-likeness (QED) is 0.126. The number of benzene rings is 15. The predicted octanol–water partition coefficient (Wildman–Crippen LogP) is 22.9. The Hall–Kier alpha value is -10.7. The Balaban J connectivity index is 1.01. The zero-order valence-electron chi connectivity index (χ0n) is 45.0. The third kappa shape index (κ3) is 7.76. The van der Waals surface area contributed by atoms with Crippen LogP contribution >= 0.6 is 0 Å². The summed E-state index contributed by atoms with van der Waals surface area (Å²) in [7, 11) is 0. The van der Waals surface area contributed by atoms with Gasteiger partial charge in [0.1, 0.15) is 0 Å². The maximum atomic E-state index is 2.51. The number of fused-ring (bicyclic) bond motifs is 6. The summed E-state index contributed by atoms with van der Waals surface area (Å²) in [6, 6.07) is 117. The van der Waals surface area contributed by atoms with Gasteiger partial charge < -0.3 is 0 Å². The molecule has 0 N–H and O–H groups in total. The first-order valence-corrected chi connectivity index (χ1v) is 28.5. The smallest absolute Gasteiger partial charge is 0.000741 e. The Morgan fingerprint density at radius 2 is 0.451 bits per heavy atom. The van der Waals surface area contributed by atoms with Crippen LogP contribution < -0.4 is 0 Å². The fourth-order valence-corrected chi connectivity index (χ4v) is 13.6. The van der Waals surface area contributed by atoms with E-state index in [4.69, 9.17) is 0 Å². The van der Waals surface area contributed by atoms with E-state index in [-0.39, 0.29) is 0 Å². The van der Waals surface area contributed by atoms with Gasteiger partial charge in [-0.3, -0.25) is 0 Å². The Kier molecular flexibility index (Phi) is 11.3. The molecular weight excluding hydrogens is 985 g/mol. The second-order valence-electron chi connectivity index (χ2n) is 21.7. The summed E-state index contributed by atoms with van der Waals surface area (Å²) >= 11 is 0. The lowest BCUT2D eigenvalue weighted by molar-refractivity contribution is 1.57. The van der Waals surface area contributed by atoms with Crippen molar-refractivity contribution in [2.45, 2.75) is 0 Å². The Morgan fingerprint density at radius 3 is 0.890 bits per heavy atom. The first kappa shape index (κ1) is 47.3. The maximum Gasteiger partial charge on any atom is -0.000741 e. The molecule has 1 aliphatic carbocycles. The minimum atomic E-state index is 1.16. The molecule has 0 spiro atoms. The molecule has 0 aromatic heterocycles. The summed E-state index contributed by atoms with van der Waals surface area (Å²) in [5, 5.41) is 9.89. The van der Waals surface area contributed by atoms with E-state index < -0.39 is 0 Å². The fourth-order valence-electron chi connectivity index (χ4n) is 13.6. The van der Waals surface area contributed by atoms with Gasteiger partial charge in [-0.1, -0.05) is 291 Å². The Labute approximate surface area is 478 Å². The zero-order chi connectivity index (χ0) is 54.1. The lowest BCUT2D eigenvalue weighted by Crippen LogP contribution is -1.96. The average Bonchev–Trinajstić information content (AvgIpc) is 3.04. The molecule has 0 heterocycles. The normalized spacial score (nSPS) is 11.7. The van der Waals surface area contributed by atoms with Crippen molar-refractivity contribution < 1.29 is 0 Å². The summed E-state index contributed by atoms with van der Waals surface area (Å²) < 4.78 is 0. The van der Waals surface area contributed by atoms with E-state index in [1.807, 2.05) is 0 Å². The summed E-state index contributed by atoms with van der Waals surface area (Å²) in [4.78, 5) is 0. The van der Waals surface area contributed by atoms with Crippen molar-refractivity contribution in [2.75, 3.05) is 0 Å². The van der Waals surface area contributed by atoms with Crippen LogP contribution in [0, 0.1) is 0 Å². The SMILES string of the molecule is c1ccc(-c2ccc(-c3c4ccccc4c(-c4ccc(-c5ccccc5)cc4-c4ccccc4)c4cc(-c5ccc6c(-c7ccccc7)c7c(c(-c8ccccc8)c6c5)-c5cccc6cccc-7c56)ccc34)c(-c3ccccc3)c2)cc1. The first-order chi connectivity index (χ1) is 40.7. The van der Waals surface area contributed by atoms with Crippen molar-refractivity contribution >= 4 is 43.1 Å². The van der Waals surface area contributed by atoms with Crippen LogP contribution in [0.3, 0.4) is 0 Å². The lowest BCUT2D eigenvalue weighted by Gasteiger charge is -2.23. The standard InChI is InChI=1S/C82H52/c1-7-23-53(24-8-1)60-41-45-66(72(49-60)55-27-11-3-12-28-55)79-64-37-19-20-38-65(64)80(67-46-42-61(54-25-9-2-10-26-54)50-73(67)56-29-13-4-14-30-56)75-52-63(44-48-69(75)79)62-43-47-68-74(51-62)78(59-33-17-6-18-34-59)82-71-40-22-36-57-35-21-39-70(76(57)71)81(82)77(68)58-31-15-5-16-32-58/h1-52H. The second kappa shape index (κ2) is 19.6. The van der Waals surface area contributed by atoms with Gasteiger partial charge in [-0.05, 0) is 190 Å². The highest BCUT2D eigenvalue weighted by molar-refractivity contribution is 6.28. The van der Waals surface area contributed by atoms with Crippen molar-refractivity contribution in [3.05, 3.63) is 315 Å². The third-order valence-corrected chi connectivity index (χ3v) is 17.2. The van der Waals surface area contributed by atoms with Crippen LogP contribution in [0.2, 0.25) is 0 Å². The molecule has 0 amide bonds. The molecule has 0 aliphatic heterocycles. The van der Waals surface area contributed by atoms with E-state index in [1.165, 1.54) is 160 Å². The van der Waals surface area contributed by atoms with Gasteiger partial charge in [0.25, 0.3) is 0 Å². The molecule has 0 fully saturated rings. The molecule has 0 bridgehead atoms. The van der Waals surface area contributed by atoms with E-state index in [9.17, 15) is 0 Å². The maximum absolute atomic E-state index is 2.51. The molecular formula is C82H52. The number of hydrogen-bond acceptors (Lipinski definition) is 0. The van der Waals surface area contributed by atoms with Crippen LogP contribution in [-0.4, -0.2) is 0 Å². The fraction of sp³-hybridized carbons (Fsp3) is 0. The van der Waals surface area contributed by atoms with E-state index in [1.54, 1.807) is 0 Å². The molecule has 380 valence electrons. The highest BCUT2D eigenvalue weighted by Gasteiger charge is 2.31. The van der Waals surface area contributed by atoms with Crippen LogP contribution in [-0.2, 0) is 0 Å². The summed E-state index contributed by atoms with van der Waals surface area (Å²) in [6.07, 6.45) is 0. The molecule has 0 saturated heterocycles. The van der Waals surface area contributed by atoms with Gasteiger partial charge in [-0.25, -0.2) is 0 Å². The van der Waals surface area contributed by atoms with Gasteiger partial charge in [0.15, 0.2) is 0 Å². The molecule has 0 atom stereocenters. The lowest BCUT2D eigenvalue weighted by atomic mass is 9.80. The summed E-state index contributed by atoms with van der Waals surface area (Å²) in [6.45, 7) is 0. The molecule has 0 radical (unpaired) electrons. The van der Waals surface area contributed by atoms with Gasteiger partial charge in [0.2, 0.25) is 0 Å². The number of rotatable bonds is 9. The van der Waals surface area contributed by atoms with E-state index in [2.05, 4.69) is 315 Å². The zero-order valence-corrected chi connectivity index (χ0v) is 45.0. The average molecular weight is 1040 g/mol. The van der Waals surface area contributed by atoms with Gasteiger partial charge in [0, 0.05) is 0 Å². The van der Waals surface area contributed by atoms with Crippen LogP contribution in [0.5, 0.6) is 0 Å². The molecule has 16 rings (SSSR count). The van der Waals surface area contributed by atoms with Gasteiger partial charge in [-0.2, -0.15) is 0 Å². The predicted molar refractivity (Wildman–Crippen MR) is 350 cm³/mol. The topological polar surface area (TPSA) is 0 Å². The third-order valence-electron chi connectivity index (χ3n) is 17.2. The van der Waals surface area contributed by atoms with Crippen molar-refractivity contribution in [3.63, 3.8) is 0 Å². The van der Waals surface area contributed by atoms with Crippen LogP contribution in [0.25, 0.3) is 165 Å². The molecule has 0 heteroatoms. The molecule has 82 heavy (non-hydrogen) atoms. The molecule has 15 aromatic carbocycles. The van der Waals surface area contributed by atoms with Crippen molar-refractivity contribution in [3.8, 4) is 122 Å². The highest BCUT2D eigenvalue weighted by Crippen LogP contribution is 2.58. The van der Waals surface area contributed by atoms with Crippen molar-refractivity contribution in [1.82, 2.24) is 0 Å². The monoisotopic (exact) mass is 1040 g/mol. The minimum Gasteiger partial charge on any atom is -0.0622 e. The van der Waals surface area contributed by atoms with Gasteiger partial charge in [0.05, 0.1) is 0 Å². The second-order valence-corrected chi connectivity index (χ2v) is 21.7. The Morgan fingerprint density at radius 1 is 0.134 bits per heavy atom. The molecule has 15 aromatic rings. The minimum absolute atomic E-state index is 1.16. The van der Waals surface area contributed by atoms with Crippen LogP contribution in [0.1, 0.15) is 0 Å². The molecule has 0 nitrogen and oxygen atoms in total. The van der Waals surface area contributed by atoms with Crippen molar-refractivity contribution in [1.29, 1.82) is 0 Å².